The highest BCUT2D eigenvalue weighted by Crippen LogP contribution is 2.41. The molecule has 0 aliphatic heterocycles. The molecule has 1 aliphatic rings. The standard InChI is InChI=1S/C23H26ClFO2/c24-21-11-6-9-19-18(7-3-1-2-4-14-26)17(8-5-10-20(19)21)16-12-13-22(25)23(27)15-16/h6,9,11-13,15,26-27H,1-5,7-8,10,14H2. The van der Waals surface area contributed by atoms with Gasteiger partial charge < -0.3 is 10.2 Å². The maximum Gasteiger partial charge on any atom is 0.164 e. The summed E-state index contributed by atoms with van der Waals surface area (Å²) < 4.78 is 13.6. The number of hydrogen-bond donors (Lipinski definition) is 2. The minimum absolute atomic E-state index is 0.237. The number of aromatic hydroxyl groups is 1. The Kier molecular flexibility index (Phi) is 6.92. The van der Waals surface area contributed by atoms with E-state index in [1.807, 2.05) is 12.1 Å². The lowest BCUT2D eigenvalue weighted by atomic mass is 9.89. The molecule has 4 heteroatoms. The van der Waals surface area contributed by atoms with Crippen LogP contribution in [0.1, 0.15) is 61.6 Å². The van der Waals surface area contributed by atoms with Gasteiger partial charge in [-0.3, -0.25) is 0 Å². The fourth-order valence-corrected chi connectivity index (χ4v) is 4.19. The Balaban J connectivity index is 2.01. The van der Waals surface area contributed by atoms with Gasteiger partial charge in [0.2, 0.25) is 0 Å². The molecule has 27 heavy (non-hydrogen) atoms. The van der Waals surface area contributed by atoms with Crippen LogP contribution in [-0.2, 0) is 6.42 Å². The molecule has 0 saturated heterocycles. The van der Waals surface area contributed by atoms with Crippen LogP contribution in [0.3, 0.4) is 0 Å². The summed E-state index contributed by atoms with van der Waals surface area (Å²) in [7, 11) is 0. The van der Waals surface area contributed by atoms with Crippen molar-refractivity contribution in [2.45, 2.75) is 51.4 Å². The lowest BCUT2D eigenvalue weighted by Crippen LogP contribution is -1.96. The van der Waals surface area contributed by atoms with Crippen molar-refractivity contribution in [1.82, 2.24) is 0 Å². The minimum atomic E-state index is -0.595. The maximum absolute atomic E-state index is 13.6. The van der Waals surface area contributed by atoms with E-state index in [0.717, 1.165) is 62.0 Å². The van der Waals surface area contributed by atoms with Gasteiger partial charge in [-0.25, -0.2) is 4.39 Å². The highest BCUT2D eigenvalue weighted by molar-refractivity contribution is 6.31. The fraction of sp³-hybridized carbons (Fsp3) is 0.391. The van der Waals surface area contributed by atoms with Gasteiger partial charge in [-0.15, -0.1) is 0 Å². The van der Waals surface area contributed by atoms with Crippen LogP contribution in [0.5, 0.6) is 5.75 Å². The van der Waals surface area contributed by atoms with E-state index < -0.39 is 5.82 Å². The quantitative estimate of drug-likeness (QED) is 0.540. The number of halogens is 2. The lowest BCUT2D eigenvalue weighted by Gasteiger charge is -2.17. The zero-order valence-corrected chi connectivity index (χ0v) is 16.2. The third kappa shape index (κ3) is 4.72. The highest BCUT2D eigenvalue weighted by atomic mass is 35.5. The van der Waals surface area contributed by atoms with Gasteiger partial charge in [-0.05, 0) is 84.6 Å². The zero-order valence-electron chi connectivity index (χ0n) is 15.5. The molecule has 0 radical (unpaired) electrons. The molecule has 0 atom stereocenters. The van der Waals surface area contributed by atoms with Gasteiger partial charge in [-0.1, -0.05) is 42.6 Å². The topological polar surface area (TPSA) is 40.5 Å². The Morgan fingerprint density at radius 3 is 2.59 bits per heavy atom. The number of aliphatic hydroxyl groups is 1. The molecular formula is C23H26ClFO2. The molecule has 2 aromatic carbocycles. The number of fused-ring (bicyclic) bond motifs is 1. The smallest absolute Gasteiger partial charge is 0.164 e. The average molecular weight is 389 g/mol. The van der Waals surface area contributed by atoms with Crippen LogP contribution < -0.4 is 0 Å². The van der Waals surface area contributed by atoms with E-state index in [0.29, 0.717) is 0 Å². The molecule has 3 rings (SSSR count). The minimum Gasteiger partial charge on any atom is -0.505 e. The second-order valence-corrected chi connectivity index (χ2v) is 7.54. The van der Waals surface area contributed by atoms with Crippen LogP contribution in [0, 0.1) is 5.82 Å². The highest BCUT2D eigenvalue weighted by Gasteiger charge is 2.20. The van der Waals surface area contributed by atoms with Crippen molar-refractivity contribution in [3.05, 3.63) is 63.9 Å². The first-order chi connectivity index (χ1) is 13.1. The van der Waals surface area contributed by atoms with Gasteiger partial charge >= 0.3 is 0 Å². The summed E-state index contributed by atoms with van der Waals surface area (Å²) in [5.41, 5.74) is 5.67. The molecule has 0 unspecified atom stereocenters. The number of phenolic OH excluding ortho intramolecular Hbond substituents is 1. The summed E-state index contributed by atoms with van der Waals surface area (Å²) in [6.45, 7) is 0.237. The zero-order chi connectivity index (χ0) is 19.2. The van der Waals surface area contributed by atoms with Gasteiger partial charge in [-0.2, -0.15) is 0 Å². The molecule has 0 fully saturated rings. The molecular weight excluding hydrogens is 363 g/mol. The van der Waals surface area contributed by atoms with Crippen molar-refractivity contribution in [3.63, 3.8) is 0 Å². The maximum atomic E-state index is 13.6. The van der Waals surface area contributed by atoms with Gasteiger partial charge in [0.15, 0.2) is 11.6 Å². The monoisotopic (exact) mass is 388 g/mol. The molecule has 1 aliphatic carbocycles. The number of hydrogen-bond acceptors (Lipinski definition) is 2. The number of allylic oxidation sites excluding steroid dienone is 2. The van der Waals surface area contributed by atoms with E-state index in [1.165, 1.54) is 34.4 Å². The molecule has 2 N–H and O–H groups in total. The first-order valence-corrected chi connectivity index (χ1v) is 10.1. The number of benzene rings is 2. The third-order valence-electron chi connectivity index (χ3n) is 5.29. The van der Waals surface area contributed by atoms with Gasteiger partial charge in [0.05, 0.1) is 0 Å². The van der Waals surface area contributed by atoms with E-state index in [-0.39, 0.29) is 12.4 Å². The van der Waals surface area contributed by atoms with Gasteiger partial charge in [0, 0.05) is 11.6 Å². The van der Waals surface area contributed by atoms with Crippen LogP contribution in [0.25, 0.3) is 11.1 Å². The molecule has 0 aromatic heterocycles. The third-order valence-corrected chi connectivity index (χ3v) is 5.65. The van der Waals surface area contributed by atoms with Crippen molar-refractivity contribution in [2.75, 3.05) is 6.61 Å². The van der Waals surface area contributed by atoms with E-state index in [4.69, 9.17) is 16.7 Å². The summed E-state index contributed by atoms with van der Waals surface area (Å²) in [6.07, 6.45) is 7.60. The van der Waals surface area contributed by atoms with Crippen LogP contribution in [-0.4, -0.2) is 16.8 Å². The van der Waals surface area contributed by atoms with Crippen molar-refractivity contribution in [3.8, 4) is 5.75 Å². The second kappa shape index (κ2) is 9.38. The molecule has 0 heterocycles. The van der Waals surface area contributed by atoms with Crippen molar-refractivity contribution in [1.29, 1.82) is 0 Å². The summed E-state index contributed by atoms with van der Waals surface area (Å²) in [5, 5.41) is 19.6. The van der Waals surface area contributed by atoms with Gasteiger partial charge in [0.1, 0.15) is 0 Å². The Morgan fingerprint density at radius 1 is 1.00 bits per heavy atom. The Hall–Kier alpha value is -1.84. The fourth-order valence-electron chi connectivity index (χ4n) is 3.92. The number of aliphatic hydroxyl groups excluding tert-OH is 1. The van der Waals surface area contributed by atoms with E-state index in [2.05, 4.69) is 6.07 Å². The number of phenols is 1. The Labute approximate surface area is 165 Å². The average Bonchev–Trinajstić information content (AvgIpc) is 2.84. The normalized spacial score (nSPS) is 14.2. The summed E-state index contributed by atoms with van der Waals surface area (Å²) >= 11 is 6.48. The van der Waals surface area contributed by atoms with Crippen LogP contribution in [0.15, 0.2) is 36.4 Å². The molecule has 144 valence electrons. The first kappa shape index (κ1) is 19.9. The largest absolute Gasteiger partial charge is 0.505 e. The Morgan fingerprint density at radius 2 is 1.81 bits per heavy atom. The number of rotatable bonds is 7. The van der Waals surface area contributed by atoms with E-state index >= 15 is 0 Å². The van der Waals surface area contributed by atoms with Crippen LogP contribution >= 0.6 is 11.6 Å². The van der Waals surface area contributed by atoms with Crippen molar-refractivity contribution >= 4 is 22.7 Å². The van der Waals surface area contributed by atoms with Crippen LogP contribution in [0.2, 0.25) is 5.02 Å². The van der Waals surface area contributed by atoms with Gasteiger partial charge in [0.25, 0.3) is 0 Å². The predicted octanol–water partition coefficient (Wildman–Crippen LogP) is 6.37. The second-order valence-electron chi connectivity index (χ2n) is 7.13. The molecule has 0 spiro atoms. The molecule has 2 aromatic rings. The summed E-state index contributed by atoms with van der Waals surface area (Å²) in [5.74, 6) is -0.903. The lowest BCUT2D eigenvalue weighted by molar-refractivity contribution is 0.282. The van der Waals surface area contributed by atoms with Crippen molar-refractivity contribution in [2.24, 2.45) is 0 Å². The van der Waals surface area contributed by atoms with E-state index in [1.54, 1.807) is 6.07 Å². The molecule has 2 nitrogen and oxygen atoms in total. The predicted molar refractivity (Wildman–Crippen MR) is 109 cm³/mol. The first-order valence-electron chi connectivity index (χ1n) is 9.71. The Bertz CT molecular complexity index is 829. The molecule has 0 bridgehead atoms. The van der Waals surface area contributed by atoms with Crippen molar-refractivity contribution < 1.29 is 14.6 Å². The SMILES string of the molecule is OCCCCCCC1=C(c2ccc(F)c(O)c2)CCCc2c(Cl)cccc21. The summed E-state index contributed by atoms with van der Waals surface area (Å²) in [4.78, 5) is 0. The summed E-state index contributed by atoms with van der Waals surface area (Å²) in [6, 6.07) is 10.7. The van der Waals surface area contributed by atoms with E-state index in [9.17, 15) is 9.50 Å². The molecule has 0 amide bonds. The number of unbranched alkanes of at least 4 members (excludes halogenated alkanes) is 3. The van der Waals surface area contributed by atoms with Crippen LogP contribution in [0.4, 0.5) is 4.39 Å². The molecule has 0 saturated carbocycles.